The van der Waals surface area contributed by atoms with Crippen molar-refractivity contribution >= 4 is 32.6 Å². The van der Waals surface area contributed by atoms with Gasteiger partial charge in [-0.1, -0.05) is 0 Å². The molecule has 2 heterocycles. The van der Waals surface area contributed by atoms with Crippen LogP contribution in [-0.4, -0.2) is 51.3 Å². The number of fused-ring (bicyclic) bond motifs is 2. The van der Waals surface area contributed by atoms with Crippen LogP contribution in [0.3, 0.4) is 0 Å². The number of benzene rings is 2. The Balaban J connectivity index is 1.81. The number of nitrogens with zero attached hydrogens (tertiary/aromatic N) is 2. The third-order valence-electron chi connectivity index (χ3n) is 5.82. The number of rotatable bonds is 7. The Kier molecular flexibility index (Phi) is 6.93. The van der Waals surface area contributed by atoms with E-state index in [-0.39, 0.29) is 34.7 Å². The number of halogens is 3. The summed E-state index contributed by atoms with van der Waals surface area (Å²) in [6, 6.07) is 8.55. The highest BCUT2D eigenvalue weighted by atomic mass is 32.2. The van der Waals surface area contributed by atoms with Gasteiger partial charge in [-0.15, -0.1) is 0 Å². The van der Waals surface area contributed by atoms with Crippen molar-refractivity contribution in [1.29, 1.82) is 0 Å². The average Bonchev–Trinajstić information content (AvgIpc) is 3.20. The standard InChI is InChI=1S/C24H25F3N2O6S/c1-4-33-23(30)15(2)35-14-18-12-16-11-17(24(25,26)27)5-7-20(16)29(18)36(31,32)19-6-8-21-22(13-19)34-10-9-28(21)3/h5-8,11-13,15H,4,9-10,14H2,1-3H3. The van der Waals surface area contributed by atoms with Crippen LogP contribution in [0.1, 0.15) is 25.1 Å². The van der Waals surface area contributed by atoms with Crippen LogP contribution in [-0.2, 0) is 37.1 Å². The number of anilines is 1. The van der Waals surface area contributed by atoms with E-state index in [4.69, 9.17) is 14.2 Å². The predicted octanol–water partition coefficient (Wildman–Crippen LogP) is 4.19. The Hall–Kier alpha value is -3.25. The summed E-state index contributed by atoms with van der Waals surface area (Å²) < 4.78 is 84.5. The van der Waals surface area contributed by atoms with Crippen molar-refractivity contribution in [3.63, 3.8) is 0 Å². The van der Waals surface area contributed by atoms with Crippen LogP contribution >= 0.6 is 0 Å². The van der Waals surface area contributed by atoms with Gasteiger partial charge in [0.05, 0.1) is 47.1 Å². The summed E-state index contributed by atoms with van der Waals surface area (Å²) in [4.78, 5) is 13.8. The van der Waals surface area contributed by atoms with Crippen molar-refractivity contribution in [3.05, 3.63) is 53.7 Å². The largest absolute Gasteiger partial charge is 0.490 e. The van der Waals surface area contributed by atoms with E-state index in [1.54, 1.807) is 13.0 Å². The van der Waals surface area contributed by atoms with Gasteiger partial charge in [-0.3, -0.25) is 0 Å². The van der Waals surface area contributed by atoms with Gasteiger partial charge in [0.2, 0.25) is 0 Å². The molecule has 0 radical (unpaired) electrons. The molecule has 4 rings (SSSR count). The Morgan fingerprint density at radius 2 is 1.92 bits per heavy atom. The second-order valence-corrected chi connectivity index (χ2v) is 10.1. The van der Waals surface area contributed by atoms with Crippen molar-refractivity contribution in [2.24, 2.45) is 0 Å². The minimum atomic E-state index is -4.61. The number of carbonyl (C=O) groups excluding carboxylic acids is 1. The lowest BCUT2D eigenvalue weighted by molar-refractivity contribution is -0.156. The van der Waals surface area contributed by atoms with E-state index in [0.717, 1.165) is 27.9 Å². The van der Waals surface area contributed by atoms with Crippen LogP contribution < -0.4 is 9.64 Å². The molecular formula is C24H25F3N2O6S. The third kappa shape index (κ3) is 4.87. The molecule has 194 valence electrons. The van der Waals surface area contributed by atoms with Crippen LogP contribution in [0.2, 0.25) is 0 Å². The summed E-state index contributed by atoms with van der Waals surface area (Å²) in [5.74, 6) is -0.257. The molecule has 36 heavy (non-hydrogen) atoms. The minimum Gasteiger partial charge on any atom is -0.490 e. The van der Waals surface area contributed by atoms with Gasteiger partial charge in [0.25, 0.3) is 10.0 Å². The highest BCUT2D eigenvalue weighted by molar-refractivity contribution is 7.90. The summed E-state index contributed by atoms with van der Waals surface area (Å²) in [6.45, 7) is 3.87. The van der Waals surface area contributed by atoms with E-state index in [9.17, 15) is 26.4 Å². The predicted molar refractivity (Wildman–Crippen MR) is 126 cm³/mol. The summed E-state index contributed by atoms with van der Waals surface area (Å²) in [5, 5.41) is 0.0599. The molecule has 12 heteroatoms. The number of hydrogen-bond acceptors (Lipinski definition) is 7. The van der Waals surface area contributed by atoms with Gasteiger partial charge in [-0.05, 0) is 50.2 Å². The highest BCUT2D eigenvalue weighted by Gasteiger charge is 2.32. The van der Waals surface area contributed by atoms with Crippen molar-refractivity contribution in [2.45, 2.75) is 37.6 Å². The molecule has 0 N–H and O–H groups in total. The molecule has 2 aromatic carbocycles. The molecule has 1 unspecified atom stereocenters. The van der Waals surface area contributed by atoms with Crippen molar-refractivity contribution in [3.8, 4) is 5.75 Å². The number of ether oxygens (including phenoxy) is 3. The lowest BCUT2D eigenvalue weighted by atomic mass is 10.1. The molecule has 0 bridgehead atoms. The zero-order chi connectivity index (χ0) is 26.3. The van der Waals surface area contributed by atoms with Crippen LogP contribution in [0, 0.1) is 0 Å². The molecule has 1 atom stereocenters. The number of carbonyl (C=O) groups is 1. The van der Waals surface area contributed by atoms with Crippen LogP contribution in [0.5, 0.6) is 5.75 Å². The van der Waals surface area contributed by atoms with E-state index in [1.165, 1.54) is 25.1 Å². The highest BCUT2D eigenvalue weighted by Crippen LogP contribution is 2.36. The summed E-state index contributed by atoms with van der Waals surface area (Å²) in [7, 11) is -2.44. The monoisotopic (exact) mass is 526 g/mol. The maximum absolute atomic E-state index is 13.8. The zero-order valence-electron chi connectivity index (χ0n) is 19.8. The molecule has 0 saturated carbocycles. The van der Waals surface area contributed by atoms with Gasteiger partial charge in [-0.2, -0.15) is 13.2 Å². The van der Waals surface area contributed by atoms with E-state index in [0.29, 0.717) is 18.9 Å². The third-order valence-corrected chi connectivity index (χ3v) is 7.58. The summed E-state index contributed by atoms with van der Waals surface area (Å²) in [6.07, 6.45) is -5.62. The average molecular weight is 527 g/mol. The molecule has 0 amide bonds. The normalized spacial score (nSPS) is 14.9. The Morgan fingerprint density at radius 3 is 2.61 bits per heavy atom. The number of aromatic nitrogens is 1. The first-order valence-electron chi connectivity index (χ1n) is 11.2. The summed E-state index contributed by atoms with van der Waals surface area (Å²) in [5.41, 5.74) is -0.0984. The smallest absolute Gasteiger partial charge is 0.416 e. The number of likely N-dealkylation sites (N-methyl/N-ethyl adjacent to an activating group) is 1. The van der Waals surface area contributed by atoms with E-state index in [1.807, 2.05) is 11.9 Å². The molecule has 0 saturated heterocycles. The Bertz CT molecular complexity index is 1400. The molecule has 3 aromatic rings. The van der Waals surface area contributed by atoms with Gasteiger partial charge in [-0.25, -0.2) is 17.2 Å². The van der Waals surface area contributed by atoms with Crippen molar-refractivity contribution in [1.82, 2.24) is 3.97 Å². The van der Waals surface area contributed by atoms with Crippen LogP contribution in [0.15, 0.2) is 47.4 Å². The number of hydrogen-bond donors (Lipinski definition) is 0. The number of alkyl halides is 3. The van der Waals surface area contributed by atoms with Crippen LogP contribution in [0.25, 0.3) is 10.9 Å². The first-order chi connectivity index (χ1) is 16.9. The van der Waals surface area contributed by atoms with Gasteiger partial charge in [0, 0.05) is 18.5 Å². The van der Waals surface area contributed by atoms with Crippen LogP contribution in [0.4, 0.5) is 18.9 Å². The maximum Gasteiger partial charge on any atom is 0.416 e. The lowest BCUT2D eigenvalue weighted by Crippen LogP contribution is -2.29. The Labute approximate surface area is 206 Å². The van der Waals surface area contributed by atoms with Crippen molar-refractivity contribution in [2.75, 3.05) is 31.7 Å². The SMILES string of the molecule is CCOC(=O)C(C)OCc1cc2cc(C(F)(F)F)ccc2n1S(=O)(=O)c1ccc2c(c1)OCCN2C. The fourth-order valence-electron chi connectivity index (χ4n) is 3.95. The first kappa shape index (κ1) is 25.8. The fourth-order valence-corrected chi connectivity index (χ4v) is 5.50. The topological polar surface area (TPSA) is 87.1 Å². The lowest BCUT2D eigenvalue weighted by Gasteiger charge is -2.28. The van der Waals surface area contributed by atoms with E-state index >= 15 is 0 Å². The molecular weight excluding hydrogens is 501 g/mol. The molecule has 0 aliphatic carbocycles. The quantitative estimate of drug-likeness (QED) is 0.427. The van der Waals surface area contributed by atoms with Crippen molar-refractivity contribution < 1.29 is 40.6 Å². The first-order valence-corrected chi connectivity index (χ1v) is 12.6. The molecule has 0 fully saturated rings. The van der Waals surface area contributed by atoms with E-state index in [2.05, 4.69) is 0 Å². The molecule has 1 aliphatic rings. The maximum atomic E-state index is 13.8. The molecule has 1 aliphatic heterocycles. The van der Waals surface area contributed by atoms with E-state index < -0.39 is 33.8 Å². The second-order valence-electron chi connectivity index (χ2n) is 8.28. The molecule has 1 aromatic heterocycles. The Morgan fingerprint density at radius 1 is 1.17 bits per heavy atom. The minimum absolute atomic E-state index is 0.0427. The number of esters is 1. The second kappa shape index (κ2) is 9.66. The van der Waals surface area contributed by atoms with Gasteiger partial charge in [0.1, 0.15) is 12.4 Å². The van der Waals surface area contributed by atoms with Gasteiger partial charge in [0.15, 0.2) is 6.10 Å². The summed E-state index contributed by atoms with van der Waals surface area (Å²) >= 11 is 0. The molecule has 8 nitrogen and oxygen atoms in total. The molecule has 0 spiro atoms. The fraction of sp³-hybridized carbons (Fsp3) is 0.375. The zero-order valence-corrected chi connectivity index (χ0v) is 20.6. The van der Waals surface area contributed by atoms with Gasteiger partial charge < -0.3 is 19.1 Å². The van der Waals surface area contributed by atoms with Gasteiger partial charge >= 0.3 is 12.1 Å².